The first-order valence-electron chi connectivity index (χ1n) is 6.87. The normalized spacial score (nSPS) is 17.4. The summed E-state index contributed by atoms with van der Waals surface area (Å²) in [4.78, 5) is 23.8. The molecule has 23 heavy (non-hydrogen) atoms. The average molecular weight is 359 g/mol. The topological polar surface area (TPSA) is 76.7 Å². The van der Waals surface area contributed by atoms with E-state index in [-0.39, 0.29) is 5.57 Å². The molecule has 0 aliphatic carbocycles. The summed E-state index contributed by atoms with van der Waals surface area (Å²) in [7, 11) is 1.27. The van der Waals surface area contributed by atoms with Crippen molar-refractivity contribution in [3.8, 4) is 5.75 Å². The second kappa shape index (κ2) is 7.10. The maximum Gasteiger partial charge on any atom is 0.337 e. The summed E-state index contributed by atoms with van der Waals surface area (Å²) in [5.74, 6) is -0.193. The summed E-state index contributed by atoms with van der Waals surface area (Å²) in [5.41, 5.74) is 1.24. The summed E-state index contributed by atoms with van der Waals surface area (Å²) >= 11 is 12.4. The molecule has 0 bridgehead atoms. The molecule has 1 atom stereocenters. The third kappa shape index (κ3) is 3.54. The van der Waals surface area contributed by atoms with Gasteiger partial charge in [0, 0.05) is 5.70 Å². The third-order valence-electron chi connectivity index (χ3n) is 3.32. The number of halogens is 2. The van der Waals surface area contributed by atoms with E-state index in [0.29, 0.717) is 33.7 Å². The highest BCUT2D eigenvalue weighted by Crippen LogP contribution is 2.38. The van der Waals surface area contributed by atoms with Crippen molar-refractivity contribution < 1.29 is 19.1 Å². The Morgan fingerprint density at radius 1 is 1.30 bits per heavy atom. The van der Waals surface area contributed by atoms with Gasteiger partial charge in [0.05, 0.1) is 35.4 Å². The third-order valence-corrected chi connectivity index (χ3v) is 3.88. The number of allylic oxidation sites excluding steroid dienone is 1. The Morgan fingerprint density at radius 2 is 1.91 bits per heavy atom. The van der Waals surface area contributed by atoms with Crippen LogP contribution in [-0.2, 0) is 9.53 Å². The van der Waals surface area contributed by atoms with Gasteiger partial charge in [-0.2, -0.15) is 0 Å². The van der Waals surface area contributed by atoms with Gasteiger partial charge in [-0.3, -0.25) is 0 Å². The fourth-order valence-electron chi connectivity index (χ4n) is 2.35. The summed E-state index contributed by atoms with van der Waals surface area (Å²) < 4.78 is 10.2. The zero-order chi connectivity index (χ0) is 17.1. The number of carbonyl (C=O) groups is 2. The number of esters is 1. The number of urea groups is 1. The molecule has 0 saturated heterocycles. The first kappa shape index (κ1) is 17.4. The molecule has 0 spiro atoms. The molecular formula is C15H16Cl2N2O4. The van der Waals surface area contributed by atoms with Crippen LogP contribution in [0, 0.1) is 0 Å². The van der Waals surface area contributed by atoms with E-state index in [0.717, 1.165) is 0 Å². The van der Waals surface area contributed by atoms with E-state index in [1.807, 2.05) is 6.92 Å². The van der Waals surface area contributed by atoms with Crippen molar-refractivity contribution in [3.63, 3.8) is 0 Å². The molecule has 1 aliphatic heterocycles. The maximum atomic E-state index is 12.0. The van der Waals surface area contributed by atoms with Crippen molar-refractivity contribution in [2.75, 3.05) is 13.7 Å². The molecule has 2 N–H and O–H groups in total. The van der Waals surface area contributed by atoms with Gasteiger partial charge in [0.15, 0.2) is 5.75 Å². The Labute approximate surface area is 143 Å². The van der Waals surface area contributed by atoms with E-state index in [1.165, 1.54) is 7.11 Å². The SMILES string of the molecule is CCOc1c(Cl)cc(C2NC(=O)NC(C)=C2C(=O)OC)cc1Cl. The lowest BCUT2D eigenvalue weighted by Crippen LogP contribution is -2.45. The van der Waals surface area contributed by atoms with Gasteiger partial charge in [0.1, 0.15) is 0 Å². The standard InChI is InChI=1S/C15H16Cl2N2O4/c1-4-23-13-9(16)5-8(6-10(13)17)12-11(14(20)22-3)7(2)18-15(21)19-12/h5-6,12H,4H2,1-3H3,(H2,18,19,21). The van der Waals surface area contributed by atoms with Gasteiger partial charge in [-0.25, -0.2) is 9.59 Å². The van der Waals surface area contributed by atoms with E-state index in [4.69, 9.17) is 32.7 Å². The van der Waals surface area contributed by atoms with Gasteiger partial charge >= 0.3 is 12.0 Å². The van der Waals surface area contributed by atoms with Crippen LogP contribution in [0.5, 0.6) is 5.75 Å². The van der Waals surface area contributed by atoms with Crippen LogP contribution in [-0.4, -0.2) is 25.7 Å². The van der Waals surface area contributed by atoms with Gasteiger partial charge in [0.2, 0.25) is 0 Å². The minimum atomic E-state index is -0.720. The number of hydrogen-bond donors (Lipinski definition) is 2. The molecule has 1 aromatic carbocycles. The predicted octanol–water partition coefficient (Wildman–Crippen LogP) is 3.19. The fourth-order valence-corrected chi connectivity index (χ4v) is 2.97. The second-order valence-electron chi connectivity index (χ2n) is 4.81. The first-order chi connectivity index (χ1) is 10.9. The molecule has 2 amide bonds. The van der Waals surface area contributed by atoms with Crippen molar-refractivity contribution in [2.24, 2.45) is 0 Å². The lowest BCUT2D eigenvalue weighted by molar-refractivity contribution is -0.136. The minimum absolute atomic E-state index is 0.281. The van der Waals surface area contributed by atoms with Crippen LogP contribution in [0.3, 0.4) is 0 Å². The van der Waals surface area contributed by atoms with E-state index < -0.39 is 18.0 Å². The highest BCUT2D eigenvalue weighted by atomic mass is 35.5. The molecule has 1 heterocycles. The minimum Gasteiger partial charge on any atom is -0.491 e. The van der Waals surface area contributed by atoms with Gasteiger partial charge < -0.3 is 20.1 Å². The van der Waals surface area contributed by atoms with Crippen molar-refractivity contribution in [1.29, 1.82) is 0 Å². The Kier molecular flexibility index (Phi) is 5.38. The van der Waals surface area contributed by atoms with E-state index in [9.17, 15) is 9.59 Å². The van der Waals surface area contributed by atoms with Crippen LogP contribution in [0.15, 0.2) is 23.4 Å². The molecule has 0 aromatic heterocycles. The molecule has 0 fully saturated rings. The number of hydrogen-bond acceptors (Lipinski definition) is 4. The molecule has 1 unspecified atom stereocenters. The van der Waals surface area contributed by atoms with Crippen molar-refractivity contribution in [1.82, 2.24) is 10.6 Å². The second-order valence-corrected chi connectivity index (χ2v) is 5.62. The highest BCUT2D eigenvalue weighted by molar-refractivity contribution is 6.37. The van der Waals surface area contributed by atoms with Crippen LogP contribution in [0.25, 0.3) is 0 Å². The molecule has 0 saturated carbocycles. The molecule has 2 rings (SSSR count). The van der Waals surface area contributed by atoms with Crippen molar-refractivity contribution in [2.45, 2.75) is 19.9 Å². The van der Waals surface area contributed by atoms with Gasteiger partial charge in [-0.05, 0) is 31.5 Å². The number of methoxy groups -OCH3 is 1. The number of rotatable bonds is 4. The summed E-state index contributed by atoms with van der Waals surface area (Å²) in [5, 5.41) is 5.80. The lowest BCUT2D eigenvalue weighted by Gasteiger charge is -2.28. The van der Waals surface area contributed by atoms with Gasteiger partial charge in [-0.1, -0.05) is 23.2 Å². The number of benzene rings is 1. The highest BCUT2D eigenvalue weighted by Gasteiger charge is 2.32. The smallest absolute Gasteiger partial charge is 0.337 e. The summed E-state index contributed by atoms with van der Waals surface area (Å²) in [6.07, 6.45) is 0. The number of amides is 2. The first-order valence-corrected chi connectivity index (χ1v) is 7.63. The van der Waals surface area contributed by atoms with Crippen LogP contribution in [0.4, 0.5) is 4.79 Å². The number of ether oxygens (including phenoxy) is 2. The van der Waals surface area contributed by atoms with E-state index >= 15 is 0 Å². The fraction of sp³-hybridized carbons (Fsp3) is 0.333. The zero-order valence-electron chi connectivity index (χ0n) is 12.8. The van der Waals surface area contributed by atoms with E-state index in [2.05, 4.69) is 10.6 Å². The van der Waals surface area contributed by atoms with Gasteiger partial charge in [-0.15, -0.1) is 0 Å². The van der Waals surface area contributed by atoms with Crippen LogP contribution in [0.1, 0.15) is 25.5 Å². The zero-order valence-corrected chi connectivity index (χ0v) is 14.3. The maximum absolute atomic E-state index is 12.0. The molecule has 124 valence electrons. The average Bonchev–Trinajstić information content (AvgIpc) is 2.49. The molecule has 1 aliphatic rings. The summed E-state index contributed by atoms with van der Waals surface area (Å²) in [6.45, 7) is 3.85. The van der Waals surface area contributed by atoms with E-state index in [1.54, 1.807) is 19.1 Å². The largest absolute Gasteiger partial charge is 0.491 e. The Hall–Kier alpha value is -1.92. The Balaban J connectivity index is 2.52. The van der Waals surface area contributed by atoms with Gasteiger partial charge in [0.25, 0.3) is 0 Å². The summed E-state index contributed by atoms with van der Waals surface area (Å²) in [6, 6.07) is 2.05. The Morgan fingerprint density at radius 3 is 2.43 bits per heavy atom. The quantitative estimate of drug-likeness (QED) is 0.810. The molecular weight excluding hydrogens is 343 g/mol. The van der Waals surface area contributed by atoms with Crippen LogP contribution >= 0.6 is 23.2 Å². The Bertz CT molecular complexity index is 665. The molecule has 6 nitrogen and oxygen atoms in total. The van der Waals surface area contributed by atoms with Crippen LogP contribution in [0.2, 0.25) is 10.0 Å². The van der Waals surface area contributed by atoms with Crippen LogP contribution < -0.4 is 15.4 Å². The monoisotopic (exact) mass is 358 g/mol. The molecule has 1 aromatic rings. The molecule has 0 radical (unpaired) electrons. The van der Waals surface area contributed by atoms with Crippen molar-refractivity contribution in [3.05, 3.63) is 39.0 Å². The number of carbonyl (C=O) groups excluding carboxylic acids is 2. The van der Waals surface area contributed by atoms with Crippen molar-refractivity contribution >= 4 is 35.2 Å². The molecule has 8 heteroatoms. The lowest BCUT2D eigenvalue weighted by atomic mass is 9.95. The number of nitrogens with one attached hydrogen (secondary N) is 2. The predicted molar refractivity (Wildman–Crippen MR) is 86.8 cm³/mol.